The fourth-order valence-corrected chi connectivity index (χ4v) is 2.27. The van der Waals surface area contributed by atoms with Crippen LogP contribution in [0.1, 0.15) is 26.2 Å². The van der Waals surface area contributed by atoms with E-state index >= 15 is 0 Å². The molecule has 0 amide bonds. The maximum atomic E-state index is 4.25. The molecular weight excluding hydrogens is 198 g/mol. The molecule has 0 spiro atoms. The summed E-state index contributed by atoms with van der Waals surface area (Å²) < 4.78 is 0. The van der Waals surface area contributed by atoms with E-state index in [1.807, 2.05) is 13.2 Å². The minimum atomic E-state index is 0.871. The van der Waals surface area contributed by atoms with Gasteiger partial charge >= 0.3 is 0 Å². The van der Waals surface area contributed by atoms with E-state index in [0.29, 0.717) is 0 Å². The molecule has 1 N–H and O–H groups in total. The molecule has 88 valence electrons. The first-order valence-electron chi connectivity index (χ1n) is 6.18. The van der Waals surface area contributed by atoms with Crippen molar-refractivity contribution < 1.29 is 0 Å². The van der Waals surface area contributed by atoms with Crippen LogP contribution in [-0.4, -0.2) is 25.1 Å². The van der Waals surface area contributed by atoms with Crippen molar-refractivity contribution in [1.29, 1.82) is 0 Å². The molecule has 1 aromatic rings. The Balaban J connectivity index is 2.10. The summed E-state index contributed by atoms with van der Waals surface area (Å²) in [6.07, 6.45) is 5.85. The van der Waals surface area contributed by atoms with Gasteiger partial charge in [0.15, 0.2) is 0 Å². The Labute approximate surface area is 97.9 Å². The summed E-state index contributed by atoms with van der Waals surface area (Å²) in [5, 5.41) is 3.09. The van der Waals surface area contributed by atoms with Gasteiger partial charge < -0.3 is 10.2 Å². The average molecular weight is 219 g/mol. The topological polar surface area (TPSA) is 28.2 Å². The highest BCUT2D eigenvalue weighted by Gasteiger charge is 2.14. The largest absolute Gasteiger partial charge is 0.373 e. The molecule has 3 heteroatoms. The zero-order chi connectivity index (χ0) is 11.4. The summed E-state index contributed by atoms with van der Waals surface area (Å²) in [5.41, 5.74) is 1.30. The monoisotopic (exact) mass is 219 g/mol. The number of aromatic nitrogens is 1. The molecule has 1 aliphatic rings. The molecule has 3 nitrogen and oxygen atoms in total. The van der Waals surface area contributed by atoms with Gasteiger partial charge in [0.05, 0.1) is 0 Å². The van der Waals surface area contributed by atoms with Crippen molar-refractivity contribution in [2.45, 2.75) is 26.2 Å². The van der Waals surface area contributed by atoms with Gasteiger partial charge in [-0.05, 0) is 31.2 Å². The molecule has 1 fully saturated rings. The molecule has 0 saturated carbocycles. The van der Waals surface area contributed by atoms with E-state index in [0.717, 1.165) is 11.7 Å². The van der Waals surface area contributed by atoms with E-state index in [4.69, 9.17) is 0 Å². The van der Waals surface area contributed by atoms with Crippen LogP contribution in [-0.2, 0) is 0 Å². The maximum absolute atomic E-state index is 4.25. The smallest absolute Gasteiger partial charge is 0.127 e. The Morgan fingerprint density at radius 1 is 1.38 bits per heavy atom. The predicted molar refractivity (Wildman–Crippen MR) is 69.0 cm³/mol. The van der Waals surface area contributed by atoms with Gasteiger partial charge in [0.1, 0.15) is 5.82 Å². The lowest BCUT2D eigenvalue weighted by Crippen LogP contribution is -2.24. The van der Waals surface area contributed by atoms with Gasteiger partial charge in [0.2, 0.25) is 0 Å². The number of hydrogen-bond acceptors (Lipinski definition) is 3. The summed E-state index contributed by atoms with van der Waals surface area (Å²) in [7, 11) is 1.91. The Hall–Kier alpha value is -1.25. The van der Waals surface area contributed by atoms with Crippen LogP contribution in [0.25, 0.3) is 0 Å². The molecule has 2 heterocycles. The van der Waals surface area contributed by atoms with Crippen LogP contribution >= 0.6 is 0 Å². The third-order valence-electron chi connectivity index (χ3n) is 3.38. The van der Waals surface area contributed by atoms with Gasteiger partial charge in [-0.25, -0.2) is 4.98 Å². The van der Waals surface area contributed by atoms with Crippen molar-refractivity contribution in [2.24, 2.45) is 5.92 Å². The molecule has 1 saturated heterocycles. The molecule has 0 radical (unpaired) electrons. The van der Waals surface area contributed by atoms with E-state index in [1.54, 1.807) is 0 Å². The second kappa shape index (κ2) is 5.19. The van der Waals surface area contributed by atoms with Gasteiger partial charge in [-0.2, -0.15) is 0 Å². The first kappa shape index (κ1) is 11.2. The second-order valence-electron chi connectivity index (χ2n) is 4.67. The number of hydrogen-bond donors (Lipinski definition) is 1. The molecule has 2 rings (SSSR count). The fourth-order valence-electron chi connectivity index (χ4n) is 2.27. The van der Waals surface area contributed by atoms with Gasteiger partial charge in [0, 0.05) is 38.1 Å². The van der Waals surface area contributed by atoms with E-state index < -0.39 is 0 Å². The number of pyridine rings is 1. The first-order valence-corrected chi connectivity index (χ1v) is 6.18. The number of rotatable bonds is 2. The fraction of sp³-hybridized carbons (Fsp3) is 0.615. The molecular formula is C13H21N3. The lowest BCUT2D eigenvalue weighted by molar-refractivity contribution is 0.521. The quantitative estimate of drug-likeness (QED) is 0.829. The van der Waals surface area contributed by atoms with E-state index in [-0.39, 0.29) is 0 Å². The van der Waals surface area contributed by atoms with Gasteiger partial charge in [-0.3, -0.25) is 0 Å². The summed E-state index contributed by atoms with van der Waals surface area (Å²) in [6, 6.07) is 4.24. The highest BCUT2D eigenvalue weighted by molar-refractivity contribution is 5.53. The third kappa shape index (κ3) is 2.65. The van der Waals surface area contributed by atoms with Gasteiger partial charge in [0.25, 0.3) is 0 Å². The maximum Gasteiger partial charge on any atom is 0.127 e. The van der Waals surface area contributed by atoms with E-state index in [9.17, 15) is 0 Å². The van der Waals surface area contributed by atoms with Crippen LogP contribution in [0.15, 0.2) is 18.3 Å². The number of anilines is 2. The van der Waals surface area contributed by atoms with Crippen LogP contribution in [0.2, 0.25) is 0 Å². The van der Waals surface area contributed by atoms with Crippen LogP contribution in [0.4, 0.5) is 11.5 Å². The predicted octanol–water partition coefficient (Wildman–Crippen LogP) is 2.75. The number of nitrogens with zero attached hydrogens (tertiary/aromatic N) is 2. The molecule has 1 unspecified atom stereocenters. The Bertz CT molecular complexity index is 338. The lowest BCUT2D eigenvalue weighted by atomic mass is 10.0. The van der Waals surface area contributed by atoms with Crippen LogP contribution in [0.5, 0.6) is 0 Å². The van der Waals surface area contributed by atoms with E-state index in [1.165, 1.54) is 38.0 Å². The lowest BCUT2D eigenvalue weighted by Gasteiger charge is -2.23. The normalized spacial score (nSPS) is 21.6. The highest BCUT2D eigenvalue weighted by atomic mass is 15.1. The Kier molecular flexibility index (Phi) is 3.65. The zero-order valence-electron chi connectivity index (χ0n) is 10.2. The molecule has 1 aliphatic heterocycles. The third-order valence-corrected chi connectivity index (χ3v) is 3.38. The zero-order valence-corrected chi connectivity index (χ0v) is 10.2. The standard InChI is InChI=1S/C13H21N3/c1-11-4-3-8-16(9-6-11)12-5-7-15-13(10-12)14-2/h5,7,10-11H,3-4,6,8-9H2,1-2H3,(H,14,15). The molecule has 1 aromatic heterocycles. The molecule has 0 bridgehead atoms. The van der Waals surface area contributed by atoms with Gasteiger partial charge in [-0.1, -0.05) is 6.92 Å². The molecule has 0 aromatic carbocycles. The Morgan fingerprint density at radius 2 is 2.25 bits per heavy atom. The molecule has 1 atom stereocenters. The van der Waals surface area contributed by atoms with Crippen molar-refractivity contribution in [3.8, 4) is 0 Å². The van der Waals surface area contributed by atoms with Crippen molar-refractivity contribution in [1.82, 2.24) is 4.98 Å². The SMILES string of the molecule is CNc1cc(N2CCCC(C)CC2)ccn1. The van der Waals surface area contributed by atoms with Crippen molar-refractivity contribution in [2.75, 3.05) is 30.4 Å². The minimum Gasteiger partial charge on any atom is -0.373 e. The summed E-state index contributed by atoms with van der Waals surface area (Å²) >= 11 is 0. The highest BCUT2D eigenvalue weighted by Crippen LogP contribution is 2.23. The van der Waals surface area contributed by atoms with Crippen LogP contribution < -0.4 is 10.2 Å². The van der Waals surface area contributed by atoms with Gasteiger partial charge in [-0.15, -0.1) is 0 Å². The summed E-state index contributed by atoms with van der Waals surface area (Å²) in [6.45, 7) is 4.71. The average Bonchev–Trinajstić information content (AvgIpc) is 2.54. The van der Waals surface area contributed by atoms with Crippen molar-refractivity contribution in [3.63, 3.8) is 0 Å². The van der Waals surface area contributed by atoms with Crippen LogP contribution in [0, 0.1) is 5.92 Å². The van der Waals surface area contributed by atoms with Crippen molar-refractivity contribution >= 4 is 11.5 Å². The first-order chi connectivity index (χ1) is 7.79. The van der Waals surface area contributed by atoms with E-state index in [2.05, 4.69) is 34.3 Å². The van der Waals surface area contributed by atoms with Crippen LogP contribution in [0.3, 0.4) is 0 Å². The Morgan fingerprint density at radius 3 is 3.06 bits per heavy atom. The summed E-state index contributed by atoms with van der Waals surface area (Å²) in [5.74, 6) is 1.82. The minimum absolute atomic E-state index is 0.871. The second-order valence-corrected chi connectivity index (χ2v) is 4.67. The molecule has 16 heavy (non-hydrogen) atoms. The summed E-state index contributed by atoms with van der Waals surface area (Å²) in [4.78, 5) is 6.73. The number of nitrogens with one attached hydrogen (secondary N) is 1. The van der Waals surface area contributed by atoms with Crippen molar-refractivity contribution in [3.05, 3.63) is 18.3 Å². The molecule has 0 aliphatic carbocycles.